The molecule has 3 aliphatic rings. The van der Waals surface area contributed by atoms with Crippen molar-refractivity contribution in [2.75, 3.05) is 26.2 Å². The van der Waals surface area contributed by atoms with Gasteiger partial charge in [-0.1, -0.05) is 0 Å². The Kier molecular flexibility index (Phi) is 4.69. The molecule has 146 valence electrons. The molecule has 3 heterocycles. The van der Waals surface area contributed by atoms with Gasteiger partial charge in [-0.05, 0) is 43.9 Å². The molecule has 0 saturated carbocycles. The van der Waals surface area contributed by atoms with Crippen molar-refractivity contribution in [3.63, 3.8) is 0 Å². The van der Waals surface area contributed by atoms with Gasteiger partial charge in [0.2, 0.25) is 0 Å². The first-order chi connectivity index (χ1) is 12.9. The smallest absolute Gasteiger partial charge is 0.269 e. The van der Waals surface area contributed by atoms with Gasteiger partial charge in [0.1, 0.15) is 4.90 Å². The van der Waals surface area contributed by atoms with Crippen LogP contribution in [0.15, 0.2) is 23.1 Å². The number of benzene rings is 1. The second kappa shape index (κ2) is 6.88. The van der Waals surface area contributed by atoms with Crippen molar-refractivity contribution in [2.24, 2.45) is 5.73 Å². The lowest BCUT2D eigenvalue weighted by Crippen LogP contribution is -2.45. The first-order valence-electron chi connectivity index (χ1n) is 9.25. The maximum atomic E-state index is 12.9. The summed E-state index contributed by atoms with van der Waals surface area (Å²) in [5, 5.41) is 0. The van der Waals surface area contributed by atoms with Gasteiger partial charge in [0, 0.05) is 31.3 Å². The van der Waals surface area contributed by atoms with Gasteiger partial charge < -0.3 is 15.4 Å². The maximum Gasteiger partial charge on any atom is 0.269 e. The number of ether oxygens (including phenoxy) is 1. The number of piperidine rings is 1. The number of sulfonamides is 1. The van der Waals surface area contributed by atoms with Crippen molar-refractivity contribution >= 4 is 21.8 Å². The van der Waals surface area contributed by atoms with Crippen molar-refractivity contribution < 1.29 is 22.7 Å². The lowest BCUT2D eigenvalue weighted by Gasteiger charge is -2.30. The predicted molar refractivity (Wildman–Crippen MR) is 96.8 cm³/mol. The molecule has 0 unspecified atom stereocenters. The fourth-order valence-electron chi connectivity index (χ4n) is 3.94. The van der Waals surface area contributed by atoms with E-state index in [1.165, 1.54) is 18.2 Å². The SMILES string of the molecule is N[C@H]1CCCN(C(=O)c2ccc3c(c2)S(=O)(=O)N(C[C@H]2CCCO2)C3=O)C1. The highest BCUT2D eigenvalue weighted by Crippen LogP contribution is 2.32. The summed E-state index contributed by atoms with van der Waals surface area (Å²) >= 11 is 0. The van der Waals surface area contributed by atoms with Gasteiger partial charge in [-0.3, -0.25) is 9.59 Å². The summed E-state index contributed by atoms with van der Waals surface area (Å²) in [6, 6.07) is 4.21. The minimum absolute atomic E-state index is 0.0140. The van der Waals surface area contributed by atoms with Crippen molar-refractivity contribution in [3.05, 3.63) is 29.3 Å². The number of amides is 2. The van der Waals surface area contributed by atoms with E-state index in [-0.39, 0.29) is 40.6 Å². The highest BCUT2D eigenvalue weighted by atomic mass is 32.2. The Morgan fingerprint density at radius 3 is 2.78 bits per heavy atom. The lowest BCUT2D eigenvalue weighted by molar-refractivity contribution is 0.0701. The van der Waals surface area contributed by atoms with Gasteiger partial charge in [-0.15, -0.1) is 0 Å². The van der Waals surface area contributed by atoms with Gasteiger partial charge in [0.15, 0.2) is 0 Å². The number of hydrogen-bond acceptors (Lipinski definition) is 6. The molecule has 0 aromatic heterocycles. The van der Waals surface area contributed by atoms with Crippen LogP contribution in [0.3, 0.4) is 0 Å². The maximum absolute atomic E-state index is 12.9. The third kappa shape index (κ3) is 3.24. The van der Waals surface area contributed by atoms with Crippen LogP contribution in [-0.2, 0) is 14.8 Å². The summed E-state index contributed by atoms with van der Waals surface area (Å²) in [7, 11) is -3.97. The second-order valence-electron chi connectivity index (χ2n) is 7.34. The van der Waals surface area contributed by atoms with Crippen molar-refractivity contribution in [1.29, 1.82) is 0 Å². The molecule has 2 atom stereocenters. The standard InChI is InChI=1S/C18H23N3O5S/c19-13-3-1-7-20(10-13)17(22)12-5-6-15-16(9-12)27(24,25)21(18(15)23)11-14-4-2-8-26-14/h5-6,9,13-14H,1-4,7-8,10-11,19H2/t13-,14+/m0/s1. The van der Waals surface area contributed by atoms with E-state index >= 15 is 0 Å². The zero-order valence-electron chi connectivity index (χ0n) is 15.0. The Balaban J connectivity index is 1.61. The number of fused-ring (bicyclic) bond motifs is 1. The van der Waals surface area contributed by atoms with Crippen molar-refractivity contribution in [1.82, 2.24) is 9.21 Å². The van der Waals surface area contributed by atoms with Crippen LogP contribution < -0.4 is 5.73 Å². The van der Waals surface area contributed by atoms with E-state index < -0.39 is 15.9 Å². The summed E-state index contributed by atoms with van der Waals surface area (Å²) in [6.07, 6.45) is 3.01. The molecule has 2 fully saturated rings. The molecule has 9 heteroatoms. The molecule has 2 N–H and O–H groups in total. The number of carbonyl (C=O) groups excluding carboxylic acids is 2. The first-order valence-corrected chi connectivity index (χ1v) is 10.7. The van der Waals surface area contributed by atoms with Crippen molar-refractivity contribution in [2.45, 2.75) is 42.7 Å². The minimum atomic E-state index is -3.97. The molecule has 1 aromatic carbocycles. The van der Waals surface area contributed by atoms with E-state index in [1.807, 2.05) is 0 Å². The summed E-state index contributed by atoms with van der Waals surface area (Å²) in [5.41, 5.74) is 6.31. The van der Waals surface area contributed by atoms with Crippen LogP contribution in [0.5, 0.6) is 0 Å². The van der Waals surface area contributed by atoms with Gasteiger partial charge >= 0.3 is 0 Å². The molecule has 2 saturated heterocycles. The molecular weight excluding hydrogens is 370 g/mol. The fraction of sp³-hybridized carbons (Fsp3) is 0.556. The van der Waals surface area contributed by atoms with E-state index in [4.69, 9.17) is 10.5 Å². The van der Waals surface area contributed by atoms with E-state index in [1.54, 1.807) is 4.90 Å². The topological polar surface area (TPSA) is 110 Å². The van der Waals surface area contributed by atoms with Gasteiger partial charge in [0.05, 0.1) is 18.2 Å². The molecule has 0 spiro atoms. The molecule has 3 aliphatic heterocycles. The molecule has 1 aromatic rings. The highest BCUT2D eigenvalue weighted by Gasteiger charge is 2.43. The zero-order chi connectivity index (χ0) is 19.2. The largest absolute Gasteiger partial charge is 0.376 e. The first kappa shape index (κ1) is 18.4. The van der Waals surface area contributed by atoms with Gasteiger partial charge in [-0.25, -0.2) is 12.7 Å². The Morgan fingerprint density at radius 1 is 1.26 bits per heavy atom. The molecule has 0 bridgehead atoms. The van der Waals surface area contributed by atoms with Crippen LogP contribution in [-0.4, -0.2) is 67.8 Å². The molecule has 0 aliphatic carbocycles. The molecule has 27 heavy (non-hydrogen) atoms. The summed E-state index contributed by atoms with van der Waals surface area (Å²) in [4.78, 5) is 26.9. The van der Waals surface area contributed by atoms with Crippen molar-refractivity contribution in [3.8, 4) is 0 Å². The number of nitrogens with zero attached hydrogens (tertiary/aromatic N) is 2. The van der Waals surface area contributed by atoms with E-state index in [0.29, 0.717) is 19.7 Å². The molecule has 4 rings (SSSR count). The van der Waals surface area contributed by atoms with E-state index in [0.717, 1.165) is 30.0 Å². The molecule has 8 nitrogen and oxygen atoms in total. The van der Waals surface area contributed by atoms with E-state index in [2.05, 4.69) is 0 Å². The normalized spacial score (nSPS) is 27.1. The van der Waals surface area contributed by atoms with E-state index in [9.17, 15) is 18.0 Å². The Bertz CT molecular complexity index is 879. The Morgan fingerprint density at radius 2 is 2.07 bits per heavy atom. The van der Waals surface area contributed by atoms with Crippen LogP contribution >= 0.6 is 0 Å². The number of hydrogen-bond donors (Lipinski definition) is 1. The van der Waals surface area contributed by atoms with Crippen LogP contribution in [0.25, 0.3) is 0 Å². The zero-order valence-corrected chi connectivity index (χ0v) is 15.8. The van der Waals surface area contributed by atoms with Gasteiger partial charge in [-0.2, -0.15) is 0 Å². The predicted octanol–water partition coefficient (Wildman–Crippen LogP) is 0.573. The van der Waals surface area contributed by atoms with Crippen LogP contribution in [0.4, 0.5) is 0 Å². The number of carbonyl (C=O) groups is 2. The number of likely N-dealkylation sites (tertiary alicyclic amines) is 1. The van der Waals surface area contributed by atoms with Gasteiger partial charge in [0.25, 0.3) is 21.8 Å². The molecule has 0 radical (unpaired) electrons. The summed E-state index contributed by atoms with van der Waals surface area (Å²) in [6.45, 7) is 1.64. The second-order valence-corrected chi connectivity index (χ2v) is 9.17. The molecular formula is C18H23N3O5S. The average Bonchev–Trinajstić information content (AvgIpc) is 3.23. The quantitative estimate of drug-likeness (QED) is 0.804. The summed E-state index contributed by atoms with van der Waals surface area (Å²) in [5.74, 6) is -0.812. The Hall–Kier alpha value is -1.97. The average molecular weight is 393 g/mol. The minimum Gasteiger partial charge on any atom is -0.376 e. The third-order valence-electron chi connectivity index (χ3n) is 5.39. The molecule has 2 amide bonds. The third-order valence-corrected chi connectivity index (χ3v) is 7.18. The number of rotatable bonds is 3. The highest BCUT2D eigenvalue weighted by molar-refractivity contribution is 7.90. The van der Waals surface area contributed by atoms with Crippen LogP contribution in [0.1, 0.15) is 46.4 Å². The van der Waals surface area contributed by atoms with Crippen LogP contribution in [0.2, 0.25) is 0 Å². The lowest BCUT2D eigenvalue weighted by atomic mass is 10.0. The monoisotopic (exact) mass is 393 g/mol. The number of nitrogens with two attached hydrogens (primary N) is 1. The van der Waals surface area contributed by atoms with Crippen LogP contribution in [0, 0.1) is 0 Å². The summed E-state index contributed by atoms with van der Waals surface area (Å²) < 4.78 is 32.1. The Labute approximate surface area is 158 Å². The fourth-order valence-corrected chi connectivity index (χ4v) is 5.56.